The van der Waals surface area contributed by atoms with Crippen LogP contribution in [0.15, 0.2) is 0 Å². The second-order valence-electron chi connectivity index (χ2n) is 7.25. The number of carbonyl (C=O) groups is 1. The third-order valence-electron chi connectivity index (χ3n) is 4.95. The average molecular weight is 377 g/mol. The van der Waals surface area contributed by atoms with Crippen LogP contribution in [0.25, 0.3) is 0 Å². The first-order chi connectivity index (χ1) is 12.4. The molecule has 0 rings (SSSR count). The number of unbranched alkanes of at least 4 members (excludes halogenated alkanes) is 4. The standard InChI is InChI=1S/C20H40O6/c1-4-7-9-10-13-20(11-6-3,12-8-5-2)26-17(15-22)19(25)18(24)16(23)14-21/h17-19,21-22,24-25H,4-15H2,1-3H3/t17-,18-,19-,20?/m1/s1. The van der Waals surface area contributed by atoms with Gasteiger partial charge < -0.3 is 25.2 Å². The number of rotatable bonds is 17. The number of Topliss-reactive ketones (excluding diaryl/α,β-unsaturated/α-hetero) is 1. The monoisotopic (exact) mass is 376 g/mol. The SMILES string of the molecule is CCCCCCC(CCC)(CCCC)O[C@H](CO)[C@@H](O)[C@H](O)C(=O)CO. The lowest BCUT2D eigenvalue weighted by Gasteiger charge is -2.39. The molecule has 0 aliphatic rings. The van der Waals surface area contributed by atoms with Crippen molar-refractivity contribution in [3.8, 4) is 0 Å². The van der Waals surface area contributed by atoms with Gasteiger partial charge in [-0.1, -0.05) is 65.7 Å². The Balaban J connectivity index is 5.24. The summed E-state index contributed by atoms with van der Waals surface area (Å²) in [6.45, 7) is 4.98. The summed E-state index contributed by atoms with van der Waals surface area (Å²) in [5.41, 5.74) is -0.477. The molecule has 0 aromatic heterocycles. The molecule has 6 heteroatoms. The van der Waals surface area contributed by atoms with Gasteiger partial charge in [-0.05, 0) is 19.3 Å². The molecule has 0 aromatic carbocycles. The van der Waals surface area contributed by atoms with Crippen molar-refractivity contribution in [2.24, 2.45) is 0 Å². The number of ether oxygens (including phenoxy) is 1. The van der Waals surface area contributed by atoms with E-state index in [4.69, 9.17) is 9.84 Å². The number of ketones is 1. The number of aliphatic hydroxyl groups excluding tert-OH is 4. The molecule has 0 fully saturated rings. The van der Waals surface area contributed by atoms with Crippen molar-refractivity contribution >= 4 is 5.78 Å². The molecule has 0 aliphatic heterocycles. The molecule has 0 bridgehead atoms. The Hall–Kier alpha value is -0.530. The molecule has 0 aromatic rings. The lowest BCUT2D eigenvalue weighted by Crippen LogP contribution is -2.50. The second-order valence-corrected chi connectivity index (χ2v) is 7.25. The first kappa shape index (κ1) is 25.5. The molecule has 4 N–H and O–H groups in total. The predicted octanol–water partition coefficient (Wildman–Crippen LogP) is 2.35. The molecule has 0 amide bonds. The normalized spacial score (nSPS) is 17.5. The maximum absolute atomic E-state index is 11.5. The van der Waals surface area contributed by atoms with E-state index in [0.29, 0.717) is 0 Å². The maximum Gasteiger partial charge on any atom is 0.189 e. The third kappa shape index (κ3) is 8.91. The summed E-state index contributed by atoms with van der Waals surface area (Å²) in [5.74, 6) is -0.878. The fourth-order valence-corrected chi connectivity index (χ4v) is 3.40. The summed E-state index contributed by atoms with van der Waals surface area (Å²) >= 11 is 0. The van der Waals surface area contributed by atoms with Gasteiger partial charge in [0.25, 0.3) is 0 Å². The van der Waals surface area contributed by atoms with Gasteiger partial charge in [-0.3, -0.25) is 4.79 Å². The van der Waals surface area contributed by atoms with Crippen LogP contribution in [0.2, 0.25) is 0 Å². The zero-order valence-electron chi connectivity index (χ0n) is 16.8. The van der Waals surface area contributed by atoms with E-state index in [2.05, 4.69) is 20.8 Å². The van der Waals surface area contributed by atoms with Crippen LogP contribution >= 0.6 is 0 Å². The van der Waals surface area contributed by atoms with E-state index >= 15 is 0 Å². The minimum absolute atomic E-state index is 0.477. The summed E-state index contributed by atoms with van der Waals surface area (Å²) in [7, 11) is 0. The maximum atomic E-state index is 11.5. The van der Waals surface area contributed by atoms with Gasteiger partial charge in [0.15, 0.2) is 5.78 Å². The molecular formula is C20H40O6. The Bertz CT molecular complexity index is 362. The van der Waals surface area contributed by atoms with E-state index in [-0.39, 0.29) is 0 Å². The highest BCUT2D eigenvalue weighted by Gasteiger charge is 2.38. The molecular weight excluding hydrogens is 336 g/mol. The Labute approximate surface area is 158 Å². The quantitative estimate of drug-likeness (QED) is 0.290. The molecule has 156 valence electrons. The summed E-state index contributed by atoms with van der Waals surface area (Å²) in [4.78, 5) is 11.5. The summed E-state index contributed by atoms with van der Waals surface area (Å²) in [6, 6.07) is 0. The number of carbonyl (C=O) groups excluding carboxylic acids is 1. The molecule has 0 saturated carbocycles. The first-order valence-electron chi connectivity index (χ1n) is 10.2. The van der Waals surface area contributed by atoms with E-state index in [9.17, 15) is 20.1 Å². The van der Waals surface area contributed by atoms with Gasteiger partial charge in [0.05, 0.1) is 12.2 Å². The van der Waals surface area contributed by atoms with Gasteiger partial charge in [-0.15, -0.1) is 0 Å². The zero-order valence-corrected chi connectivity index (χ0v) is 16.8. The van der Waals surface area contributed by atoms with Gasteiger partial charge in [0.1, 0.15) is 24.9 Å². The predicted molar refractivity (Wildman–Crippen MR) is 102 cm³/mol. The highest BCUT2D eigenvalue weighted by atomic mass is 16.5. The topological polar surface area (TPSA) is 107 Å². The average Bonchev–Trinajstić information content (AvgIpc) is 2.66. The second kappa shape index (κ2) is 14.5. The van der Waals surface area contributed by atoms with E-state index in [0.717, 1.165) is 64.2 Å². The van der Waals surface area contributed by atoms with Gasteiger partial charge in [-0.25, -0.2) is 0 Å². The summed E-state index contributed by atoms with van der Waals surface area (Å²) < 4.78 is 6.19. The number of hydrogen-bond acceptors (Lipinski definition) is 6. The van der Waals surface area contributed by atoms with Crippen molar-refractivity contribution in [1.29, 1.82) is 0 Å². The third-order valence-corrected chi connectivity index (χ3v) is 4.95. The van der Waals surface area contributed by atoms with Crippen LogP contribution in [0, 0.1) is 0 Å². The van der Waals surface area contributed by atoms with Crippen molar-refractivity contribution < 1.29 is 30.0 Å². The van der Waals surface area contributed by atoms with Gasteiger partial charge in [-0.2, -0.15) is 0 Å². The highest BCUT2D eigenvalue weighted by Crippen LogP contribution is 2.33. The molecule has 6 nitrogen and oxygen atoms in total. The fraction of sp³-hybridized carbons (Fsp3) is 0.950. The lowest BCUT2D eigenvalue weighted by molar-refractivity contribution is -0.183. The van der Waals surface area contributed by atoms with Crippen molar-refractivity contribution in [2.45, 2.75) is 109 Å². The van der Waals surface area contributed by atoms with Crippen molar-refractivity contribution in [3.05, 3.63) is 0 Å². The zero-order chi connectivity index (χ0) is 20.0. The lowest BCUT2D eigenvalue weighted by atomic mass is 9.85. The molecule has 4 atom stereocenters. The summed E-state index contributed by atoms with van der Waals surface area (Å²) in [5, 5.41) is 38.7. The van der Waals surface area contributed by atoms with E-state index in [1.54, 1.807) is 0 Å². The van der Waals surface area contributed by atoms with E-state index in [1.165, 1.54) is 0 Å². The van der Waals surface area contributed by atoms with Gasteiger partial charge in [0.2, 0.25) is 0 Å². The number of hydrogen-bond donors (Lipinski definition) is 4. The largest absolute Gasteiger partial charge is 0.394 e. The smallest absolute Gasteiger partial charge is 0.189 e. The Morgan fingerprint density at radius 1 is 0.885 bits per heavy atom. The van der Waals surface area contributed by atoms with Crippen LogP contribution in [0.4, 0.5) is 0 Å². The van der Waals surface area contributed by atoms with Crippen LogP contribution in [0.3, 0.4) is 0 Å². The Kier molecular flexibility index (Phi) is 14.2. The van der Waals surface area contributed by atoms with E-state index in [1.807, 2.05) is 0 Å². The van der Waals surface area contributed by atoms with Crippen molar-refractivity contribution in [2.75, 3.05) is 13.2 Å². The van der Waals surface area contributed by atoms with Crippen LogP contribution in [0.5, 0.6) is 0 Å². The van der Waals surface area contributed by atoms with E-state index < -0.39 is 42.9 Å². The molecule has 26 heavy (non-hydrogen) atoms. The van der Waals surface area contributed by atoms with Crippen LogP contribution < -0.4 is 0 Å². The highest BCUT2D eigenvalue weighted by molar-refractivity contribution is 5.84. The van der Waals surface area contributed by atoms with Crippen molar-refractivity contribution in [1.82, 2.24) is 0 Å². The molecule has 0 heterocycles. The van der Waals surface area contributed by atoms with Crippen molar-refractivity contribution in [3.63, 3.8) is 0 Å². The van der Waals surface area contributed by atoms with Crippen LogP contribution in [-0.4, -0.2) is 63.3 Å². The van der Waals surface area contributed by atoms with Crippen LogP contribution in [0.1, 0.15) is 85.0 Å². The summed E-state index contributed by atoms with van der Waals surface area (Å²) in [6.07, 6.45) is 5.36. The van der Waals surface area contributed by atoms with Gasteiger partial charge >= 0.3 is 0 Å². The first-order valence-corrected chi connectivity index (χ1v) is 10.2. The molecule has 1 unspecified atom stereocenters. The number of aliphatic hydroxyl groups is 4. The molecule has 0 aliphatic carbocycles. The Morgan fingerprint density at radius 3 is 2.00 bits per heavy atom. The molecule has 0 saturated heterocycles. The molecule has 0 spiro atoms. The Morgan fingerprint density at radius 2 is 1.50 bits per heavy atom. The minimum atomic E-state index is -1.76. The molecule has 0 radical (unpaired) electrons. The van der Waals surface area contributed by atoms with Gasteiger partial charge in [0, 0.05) is 0 Å². The fourth-order valence-electron chi connectivity index (χ4n) is 3.40. The van der Waals surface area contributed by atoms with Crippen LogP contribution in [-0.2, 0) is 9.53 Å². The minimum Gasteiger partial charge on any atom is -0.394 e.